The van der Waals surface area contributed by atoms with Gasteiger partial charge in [0, 0.05) is 18.2 Å². The van der Waals surface area contributed by atoms with Crippen LogP contribution in [0.2, 0.25) is 0 Å². The van der Waals surface area contributed by atoms with Crippen molar-refractivity contribution in [1.29, 1.82) is 5.26 Å². The molecule has 108 valence electrons. The molecule has 3 heteroatoms. The minimum Gasteiger partial charge on any atom is -0.311 e. The van der Waals surface area contributed by atoms with Gasteiger partial charge in [0.15, 0.2) is 0 Å². The third kappa shape index (κ3) is 1.97. The quantitative estimate of drug-likeness (QED) is 0.850. The van der Waals surface area contributed by atoms with Gasteiger partial charge in [0.25, 0.3) is 0 Å². The maximum absolute atomic E-state index is 13.0. The van der Waals surface area contributed by atoms with E-state index in [1.54, 1.807) is 0 Å². The van der Waals surface area contributed by atoms with Gasteiger partial charge in [-0.1, -0.05) is 18.2 Å². The number of fused-ring (bicyclic) bond motifs is 5. The fourth-order valence-corrected chi connectivity index (χ4v) is 4.97. The van der Waals surface area contributed by atoms with E-state index in [-0.39, 0.29) is 11.8 Å². The Balaban J connectivity index is 1.54. The molecule has 3 aliphatic rings. The predicted octanol–water partition coefficient (Wildman–Crippen LogP) is 3.23. The molecular weight excluding hydrogens is 260 g/mol. The van der Waals surface area contributed by atoms with Crippen LogP contribution in [0.5, 0.6) is 0 Å². The molecule has 4 unspecified atom stereocenters. The zero-order valence-electron chi connectivity index (χ0n) is 12.1. The molecule has 1 aromatic carbocycles. The molecule has 0 radical (unpaired) electrons. The number of amides is 1. The fourth-order valence-electron chi connectivity index (χ4n) is 4.97. The smallest absolute Gasteiger partial charge is 0.230 e. The zero-order chi connectivity index (χ0) is 14.4. The average molecular weight is 280 g/mol. The lowest BCUT2D eigenvalue weighted by atomic mass is 10.0. The molecule has 0 heterocycles. The standard InChI is InChI=1S/C18H20N2O/c19-9-4-10-20(14-5-2-1-3-6-14)18(21)17-15-12-7-8-13(11-12)16(15)17/h1-3,5-6,12-13,15-17H,4,7-8,10-11H2. The lowest BCUT2D eigenvalue weighted by Crippen LogP contribution is -2.34. The summed E-state index contributed by atoms with van der Waals surface area (Å²) in [5.41, 5.74) is 0.940. The van der Waals surface area contributed by atoms with Gasteiger partial charge in [-0.25, -0.2) is 0 Å². The summed E-state index contributed by atoms with van der Waals surface area (Å²) in [6, 6.07) is 12.0. The molecule has 0 aliphatic heterocycles. The van der Waals surface area contributed by atoms with Gasteiger partial charge in [-0.3, -0.25) is 4.79 Å². The Morgan fingerprint density at radius 1 is 1.19 bits per heavy atom. The molecule has 1 amide bonds. The van der Waals surface area contributed by atoms with Crippen molar-refractivity contribution in [3.63, 3.8) is 0 Å². The van der Waals surface area contributed by atoms with E-state index in [4.69, 9.17) is 5.26 Å². The van der Waals surface area contributed by atoms with Crippen LogP contribution in [-0.2, 0) is 4.79 Å². The van der Waals surface area contributed by atoms with Crippen molar-refractivity contribution in [2.45, 2.75) is 25.7 Å². The Hall–Kier alpha value is -1.82. The fraction of sp³-hybridized carbons (Fsp3) is 0.556. The molecule has 0 spiro atoms. The monoisotopic (exact) mass is 280 g/mol. The predicted molar refractivity (Wildman–Crippen MR) is 80.3 cm³/mol. The Kier molecular flexibility index (Phi) is 2.99. The summed E-state index contributed by atoms with van der Waals surface area (Å²) in [6.45, 7) is 0.518. The highest BCUT2D eigenvalue weighted by molar-refractivity contribution is 5.97. The number of anilines is 1. The summed E-state index contributed by atoms with van der Waals surface area (Å²) >= 11 is 0. The Morgan fingerprint density at radius 3 is 2.48 bits per heavy atom. The van der Waals surface area contributed by atoms with E-state index in [1.807, 2.05) is 35.2 Å². The Bertz CT molecular complexity index is 575. The normalized spacial score (nSPS) is 35.1. The largest absolute Gasteiger partial charge is 0.311 e. The number of hydrogen-bond donors (Lipinski definition) is 0. The van der Waals surface area contributed by atoms with Crippen LogP contribution < -0.4 is 4.90 Å². The van der Waals surface area contributed by atoms with Gasteiger partial charge in [0.1, 0.15) is 0 Å². The van der Waals surface area contributed by atoms with E-state index in [0.717, 1.165) is 17.5 Å². The molecule has 3 aliphatic carbocycles. The lowest BCUT2D eigenvalue weighted by molar-refractivity contribution is -0.120. The second kappa shape index (κ2) is 4.87. The van der Waals surface area contributed by atoms with Crippen LogP contribution in [0.1, 0.15) is 25.7 Å². The topological polar surface area (TPSA) is 44.1 Å². The Labute approximate surface area is 125 Å². The number of nitrogens with zero attached hydrogens (tertiary/aromatic N) is 2. The maximum atomic E-state index is 13.0. The van der Waals surface area contributed by atoms with Gasteiger partial charge < -0.3 is 4.90 Å². The first-order valence-electron chi connectivity index (χ1n) is 8.04. The highest BCUT2D eigenvalue weighted by atomic mass is 16.2. The first-order valence-corrected chi connectivity index (χ1v) is 8.04. The number of rotatable bonds is 4. The molecule has 2 bridgehead atoms. The van der Waals surface area contributed by atoms with Gasteiger partial charge in [0.2, 0.25) is 5.91 Å². The molecule has 3 nitrogen and oxygen atoms in total. The number of benzene rings is 1. The zero-order valence-corrected chi connectivity index (χ0v) is 12.1. The molecule has 0 aromatic heterocycles. The maximum Gasteiger partial charge on any atom is 0.230 e. The molecule has 4 atom stereocenters. The average Bonchev–Trinajstić information content (AvgIpc) is 2.96. The third-order valence-electron chi connectivity index (χ3n) is 5.80. The van der Waals surface area contributed by atoms with Crippen LogP contribution in [0, 0.1) is 40.9 Å². The van der Waals surface area contributed by atoms with Crippen molar-refractivity contribution < 1.29 is 4.79 Å². The van der Waals surface area contributed by atoms with Crippen LogP contribution in [-0.4, -0.2) is 12.5 Å². The molecule has 3 fully saturated rings. The molecule has 0 N–H and O–H groups in total. The van der Waals surface area contributed by atoms with E-state index in [2.05, 4.69) is 6.07 Å². The van der Waals surface area contributed by atoms with E-state index < -0.39 is 0 Å². The van der Waals surface area contributed by atoms with Crippen molar-refractivity contribution in [2.24, 2.45) is 29.6 Å². The van der Waals surface area contributed by atoms with Gasteiger partial charge in [0.05, 0.1) is 12.5 Å². The summed E-state index contributed by atoms with van der Waals surface area (Å²) in [7, 11) is 0. The second-order valence-electron chi connectivity index (χ2n) is 6.75. The summed E-state index contributed by atoms with van der Waals surface area (Å²) in [5.74, 6) is 3.44. The van der Waals surface area contributed by atoms with Gasteiger partial charge in [-0.2, -0.15) is 5.26 Å². The Morgan fingerprint density at radius 2 is 1.86 bits per heavy atom. The van der Waals surface area contributed by atoms with E-state index in [1.165, 1.54) is 19.3 Å². The number of nitriles is 1. The van der Waals surface area contributed by atoms with Crippen molar-refractivity contribution in [3.8, 4) is 6.07 Å². The van der Waals surface area contributed by atoms with Crippen molar-refractivity contribution in [2.75, 3.05) is 11.4 Å². The van der Waals surface area contributed by atoms with E-state index in [0.29, 0.717) is 24.8 Å². The SMILES string of the molecule is N#CCCN(C(=O)C1C2C3CCC(C3)C12)c1ccccc1. The van der Waals surface area contributed by atoms with Crippen LogP contribution in [0.3, 0.4) is 0 Å². The molecule has 3 saturated carbocycles. The van der Waals surface area contributed by atoms with E-state index >= 15 is 0 Å². The summed E-state index contributed by atoms with van der Waals surface area (Å²) < 4.78 is 0. The van der Waals surface area contributed by atoms with Crippen molar-refractivity contribution in [3.05, 3.63) is 30.3 Å². The van der Waals surface area contributed by atoms with Crippen LogP contribution >= 0.6 is 0 Å². The number of carbonyl (C=O) groups is 1. The van der Waals surface area contributed by atoms with Gasteiger partial charge in [-0.15, -0.1) is 0 Å². The molecule has 0 saturated heterocycles. The van der Waals surface area contributed by atoms with E-state index in [9.17, 15) is 4.79 Å². The number of hydrogen-bond acceptors (Lipinski definition) is 2. The molecule has 21 heavy (non-hydrogen) atoms. The first-order chi connectivity index (χ1) is 10.3. The van der Waals surface area contributed by atoms with Crippen molar-refractivity contribution >= 4 is 11.6 Å². The van der Waals surface area contributed by atoms with Crippen LogP contribution in [0.4, 0.5) is 5.69 Å². The molecular formula is C18H20N2O. The van der Waals surface area contributed by atoms with Gasteiger partial charge >= 0.3 is 0 Å². The summed E-state index contributed by atoms with van der Waals surface area (Å²) in [5, 5.41) is 8.87. The van der Waals surface area contributed by atoms with Gasteiger partial charge in [-0.05, 0) is 55.1 Å². The number of carbonyl (C=O) groups excluding carboxylic acids is 1. The van der Waals surface area contributed by atoms with Crippen molar-refractivity contribution in [1.82, 2.24) is 0 Å². The summed E-state index contributed by atoms with van der Waals surface area (Å²) in [6.07, 6.45) is 4.43. The minimum atomic E-state index is 0.246. The minimum absolute atomic E-state index is 0.246. The summed E-state index contributed by atoms with van der Waals surface area (Å²) in [4.78, 5) is 14.8. The second-order valence-corrected chi connectivity index (χ2v) is 6.75. The lowest BCUT2D eigenvalue weighted by Gasteiger charge is -2.23. The first kappa shape index (κ1) is 12.9. The highest BCUT2D eigenvalue weighted by Crippen LogP contribution is 2.69. The molecule has 1 aromatic rings. The third-order valence-corrected chi connectivity index (χ3v) is 5.80. The van der Waals surface area contributed by atoms with Crippen LogP contribution in [0.25, 0.3) is 0 Å². The van der Waals surface area contributed by atoms with Crippen LogP contribution in [0.15, 0.2) is 30.3 Å². The molecule has 4 rings (SSSR count). The number of para-hydroxylation sites is 1. The highest BCUT2D eigenvalue weighted by Gasteiger charge is 2.68.